The molecule has 0 aliphatic carbocycles. The first kappa shape index (κ1) is 29.6. The highest BCUT2D eigenvalue weighted by Crippen LogP contribution is 2.21. The number of hydrogen-bond donors (Lipinski definition) is 3. The van der Waals surface area contributed by atoms with E-state index in [1.165, 1.54) is 0 Å². The minimum atomic E-state index is -3.32. The Morgan fingerprint density at radius 1 is 1.03 bits per heavy atom. The largest absolute Gasteiger partial charge is 0.396 e. The maximum atomic E-state index is 13.0. The van der Waals surface area contributed by atoms with Gasteiger partial charge in [-0.25, -0.2) is 13.1 Å². The average molecular weight is 493 g/mol. The lowest BCUT2D eigenvalue weighted by molar-refractivity contribution is -0.130. The molecule has 0 saturated carbocycles. The van der Waals surface area contributed by atoms with Crippen LogP contribution in [-0.2, 0) is 21.4 Å². The van der Waals surface area contributed by atoms with Gasteiger partial charge in [0.1, 0.15) is 0 Å². The number of benzene rings is 2. The molecule has 0 heterocycles. The zero-order chi connectivity index (χ0) is 25.6. The SMILES string of the molecule is CC.CN(CCCO)CC(c1ccccc1)N(C)C(=O)CNc1ccccc1CNS(C)(=O)=O. The van der Waals surface area contributed by atoms with Gasteiger partial charge in [0.25, 0.3) is 0 Å². The predicted octanol–water partition coefficient (Wildman–Crippen LogP) is 2.69. The summed E-state index contributed by atoms with van der Waals surface area (Å²) in [6.07, 6.45) is 1.79. The average Bonchev–Trinajstić information content (AvgIpc) is 2.84. The molecule has 2 aromatic rings. The summed E-state index contributed by atoms with van der Waals surface area (Å²) in [7, 11) is 0.452. The first-order valence-corrected chi connectivity index (χ1v) is 13.5. The summed E-state index contributed by atoms with van der Waals surface area (Å²) < 4.78 is 25.3. The molecule has 0 spiro atoms. The van der Waals surface area contributed by atoms with Crippen LogP contribution in [0.25, 0.3) is 0 Å². The van der Waals surface area contributed by atoms with Gasteiger partial charge in [-0.15, -0.1) is 0 Å². The highest BCUT2D eigenvalue weighted by Gasteiger charge is 2.23. The fraction of sp³-hybridized carbons (Fsp3) is 0.480. The Kier molecular flexibility index (Phi) is 13.4. The molecule has 0 saturated heterocycles. The van der Waals surface area contributed by atoms with Crippen molar-refractivity contribution < 1.29 is 18.3 Å². The van der Waals surface area contributed by atoms with Crippen LogP contribution < -0.4 is 10.0 Å². The summed E-state index contributed by atoms with van der Waals surface area (Å²) in [4.78, 5) is 16.9. The molecule has 9 heteroatoms. The molecule has 2 aromatic carbocycles. The first-order chi connectivity index (χ1) is 16.2. The quantitative estimate of drug-likeness (QED) is 0.397. The summed E-state index contributed by atoms with van der Waals surface area (Å²) in [5.41, 5.74) is 2.51. The molecule has 3 N–H and O–H groups in total. The van der Waals surface area contributed by atoms with E-state index >= 15 is 0 Å². The molecule has 1 atom stereocenters. The van der Waals surface area contributed by atoms with E-state index in [0.717, 1.165) is 23.9 Å². The maximum absolute atomic E-state index is 13.0. The minimum Gasteiger partial charge on any atom is -0.396 e. The number of nitrogens with one attached hydrogen (secondary N) is 2. The third kappa shape index (κ3) is 10.6. The Hall–Kier alpha value is -2.46. The van der Waals surface area contributed by atoms with Crippen molar-refractivity contribution in [2.45, 2.75) is 32.9 Å². The number of para-hydroxylation sites is 1. The first-order valence-electron chi connectivity index (χ1n) is 11.6. The number of amides is 1. The van der Waals surface area contributed by atoms with Crippen LogP contribution in [0.15, 0.2) is 54.6 Å². The summed E-state index contributed by atoms with van der Waals surface area (Å²) in [6, 6.07) is 17.0. The van der Waals surface area contributed by atoms with Crippen molar-refractivity contribution in [2.24, 2.45) is 0 Å². The van der Waals surface area contributed by atoms with Crippen molar-refractivity contribution in [1.29, 1.82) is 0 Å². The van der Waals surface area contributed by atoms with Crippen LogP contribution in [-0.4, -0.2) is 75.8 Å². The number of carbonyl (C=O) groups excluding carboxylic acids is 1. The Morgan fingerprint density at radius 2 is 1.65 bits per heavy atom. The molecular formula is C25H40N4O4S. The van der Waals surface area contributed by atoms with E-state index in [9.17, 15) is 13.2 Å². The molecular weight excluding hydrogens is 452 g/mol. The fourth-order valence-electron chi connectivity index (χ4n) is 3.38. The van der Waals surface area contributed by atoms with Crippen molar-refractivity contribution in [3.8, 4) is 0 Å². The van der Waals surface area contributed by atoms with Gasteiger partial charge in [-0.1, -0.05) is 62.4 Å². The summed E-state index contributed by atoms with van der Waals surface area (Å²) >= 11 is 0. The Bertz CT molecular complexity index is 954. The van der Waals surface area contributed by atoms with E-state index in [-0.39, 0.29) is 31.6 Å². The zero-order valence-corrected chi connectivity index (χ0v) is 21.8. The zero-order valence-electron chi connectivity index (χ0n) is 21.0. The van der Waals surface area contributed by atoms with E-state index in [2.05, 4.69) is 14.9 Å². The number of sulfonamides is 1. The van der Waals surface area contributed by atoms with Crippen LogP contribution >= 0.6 is 0 Å². The fourth-order valence-corrected chi connectivity index (χ4v) is 3.80. The van der Waals surface area contributed by atoms with Gasteiger partial charge in [0.2, 0.25) is 15.9 Å². The summed E-state index contributed by atoms with van der Waals surface area (Å²) in [5.74, 6) is -0.0831. The number of hydrogen-bond acceptors (Lipinski definition) is 6. The molecule has 0 aliphatic heterocycles. The third-order valence-electron chi connectivity index (χ3n) is 5.20. The minimum absolute atomic E-state index is 0.0794. The predicted molar refractivity (Wildman–Crippen MR) is 139 cm³/mol. The van der Waals surface area contributed by atoms with Crippen molar-refractivity contribution in [3.05, 3.63) is 65.7 Å². The number of anilines is 1. The van der Waals surface area contributed by atoms with Gasteiger partial charge in [0.15, 0.2) is 0 Å². The molecule has 0 radical (unpaired) electrons. The lowest BCUT2D eigenvalue weighted by Crippen LogP contribution is -2.41. The monoisotopic (exact) mass is 492 g/mol. The van der Waals surface area contributed by atoms with Gasteiger partial charge < -0.3 is 20.2 Å². The van der Waals surface area contributed by atoms with Crippen molar-refractivity contribution in [2.75, 3.05) is 51.9 Å². The number of aliphatic hydroxyl groups excluding tert-OH is 1. The van der Waals surface area contributed by atoms with Crippen molar-refractivity contribution in [1.82, 2.24) is 14.5 Å². The van der Waals surface area contributed by atoms with Crippen LogP contribution in [0, 0.1) is 0 Å². The Labute approximate surface area is 205 Å². The molecule has 2 rings (SSSR count). The lowest BCUT2D eigenvalue weighted by Gasteiger charge is -2.32. The summed E-state index contributed by atoms with van der Waals surface area (Å²) in [6.45, 7) is 5.74. The highest BCUT2D eigenvalue weighted by atomic mass is 32.2. The van der Waals surface area contributed by atoms with Gasteiger partial charge in [-0.05, 0) is 30.7 Å². The van der Waals surface area contributed by atoms with E-state index in [0.29, 0.717) is 18.7 Å². The van der Waals surface area contributed by atoms with Crippen LogP contribution in [0.3, 0.4) is 0 Å². The molecule has 190 valence electrons. The molecule has 0 fully saturated rings. The Balaban J connectivity index is 0.00000281. The third-order valence-corrected chi connectivity index (χ3v) is 5.87. The molecule has 0 bridgehead atoms. The molecule has 0 aliphatic rings. The number of rotatable bonds is 13. The van der Waals surface area contributed by atoms with Crippen molar-refractivity contribution in [3.63, 3.8) is 0 Å². The molecule has 8 nitrogen and oxygen atoms in total. The van der Waals surface area contributed by atoms with Crippen LogP contribution in [0.4, 0.5) is 5.69 Å². The van der Waals surface area contributed by atoms with E-state index < -0.39 is 10.0 Å². The van der Waals surface area contributed by atoms with E-state index in [1.54, 1.807) is 11.9 Å². The topological polar surface area (TPSA) is 102 Å². The molecule has 0 aromatic heterocycles. The lowest BCUT2D eigenvalue weighted by atomic mass is 10.0. The van der Waals surface area contributed by atoms with Gasteiger partial charge in [-0.2, -0.15) is 0 Å². The second kappa shape index (κ2) is 15.4. The van der Waals surface area contributed by atoms with Gasteiger partial charge >= 0.3 is 0 Å². The number of carbonyl (C=O) groups is 1. The number of aliphatic hydroxyl groups is 1. The molecule has 1 unspecified atom stereocenters. The normalized spacial score (nSPS) is 12.0. The van der Waals surface area contributed by atoms with Crippen LogP contribution in [0.5, 0.6) is 0 Å². The van der Waals surface area contributed by atoms with E-state index in [1.807, 2.05) is 75.5 Å². The maximum Gasteiger partial charge on any atom is 0.242 e. The molecule has 34 heavy (non-hydrogen) atoms. The van der Waals surface area contributed by atoms with Gasteiger partial charge in [0, 0.05) is 39.0 Å². The van der Waals surface area contributed by atoms with Gasteiger partial charge in [0.05, 0.1) is 18.8 Å². The van der Waals surface area contributed by atoms with Crippen LogP contribution in [0.2, 0.25) is 0 Å². The number of nitrogens with zero attached hydrogens (tertiary/aromatic N) is 2. The van der Waals surface area contributed by atoms with Crippen LogP contribution in [0.1, 0.15) is 37.4 Å². The number of likely N-dealkylation sites (N-methyl/N-ethyl adjacent to an activating group) is 2. The van der Waals surface area contributed by atoms with Gasteiger partial charge in [-0.3, -0.25) is 4.79 Å². The molecule has 1 amide bonds. The Morgan fingerprint density at radius 3 is 2.26 bits per heavy atom. The van der Waals surface area contributed by atoms with E-state index in [4.69, 9.17) is 5.11 Å². The highest BCUT2D eigenvalue weighted by molar-refractivity contribution is 7.88. The standard InChI is InChI=1S/C23H34N4O4S.C2H6/c1-26(14-9-15-28)18-22(19-10-5-4-6-11-19)27(2)23(29)17-24-21-13-8-7-12-20(21)16-25-32(3,30)31;1-2/h4-8,10-13,22,24-25,28H,9,14-18H2,1-3H3;1-2H3. The summed E-state index contributed by atoms with van der Waals surface area (Å²) in [5, 5.41) is 12.3. The second-order valence-corrected chi connectivity index (χ2v) is 9.71. The smallest absolute Gasteiger partial charge is 0.242 e. The van der Waals surface area contributed by atoms with Crippen molar-refractivity contribution >= 4 is 21.6 Å². The second-order valence-electron chi connectivity index (χ2n) is 7.87.